The Labute approximate surface area is 190 Å². The predicted octanol–water partition coefficient (Wildman–Crippen LogP) is 4.42. The highest BCUT2D eigenvalue weighted by Gasteiger charge is 2.39. The highest BCUT2D eigenvalue weighted by molar-refractivity contribution is 6.21. The van der Waals surface area contributed by atoms with E-state index < -0.39 is 0 Å². The van der Waals surface area contributed by atoms with Gasteiger partial charge in [-0.25, -0.2) is 0 Å². The summed E-state index contributed by atoms with van der Waals surface area (Å²) in [6.45, 7) is 2.89. The van der Waals surface area contributed by atoms with Gasteiger partial charge in [0.15, 0.2) is 0 Å². The highest BCUT2D eigenvalue weighted by Crippen LogP contribution is 2.30. The average molecular weight is 443 g/mol. The molecule has 31 heavy (non-hydrogen) atoms. The minimum absolute atomic E-state index is 0. The molecule has 0 saturated heterocycles. The fourth-order valence-electron chi connectivity index (χ4n) is 4.85. The Kier molecular flexibility index (Phi) is 7.74. The number of benzene rings is 2. The standard InChI is InChI=1S/C25H30N2O3.ClH/c1-3-7-19(27-24(28)20-9-4-5-10-21(20)25(27)29)14-15-26-18-13-12-17-8-6-11-23(30-2)22(17)16-18;/h4-6,8-11,18-19,26H,3,7,12-16H2,1-2H3;1H. The Balaban J connectivity index is 0.00000272. The topological polar surface area (TPSA) is 58.6 Å². The van der Waals surface area contributed by atoms with E-state index in [2.05, 4.69) is 24.4 Å². The predicted molar refractivity (Wildman–Crippen MR) is 124 cm³/mol. The van der Waals surface area contributed by atoms with Crippen LogP contribution in [0.1, 0.15) is 64.4 Å². The number of hydrogen-bond acceptors (Lipinski definition) is 4. The smallest absolute Gasteiger partial charge is 0.261 e. The molecule has 1 aliphatic heterocycles. The fraction of sp³-hybridized carbons (Fsp3) is 0.440. The molecule has 2 atom stereocenters. The lowest BCUT2D eigenvalue weighted by atomic mass is 9.87. The van der Waals surface area contributed by atoms with Crippen LogP contribution in [0, 0.1) is 0 Å². The number of rotatable bonds is 8. The van der Waals surface area contributed by atoms with E-state index in [-0.39, 0.29) is 30.3 Å². The first-order valence-corrected chi connectivity index (χ1v) is 11.0. The van der Waals surface area contributed by atoms with Crippen molar-refractivity contribution in [3.63, 3.8) is 0 Å². The van der Waals surface area contributed by atoms with Crippen LogP contribution in [0.25, 0.3) is 0 Å². The maximum absolute atomic E-state index is 12.9. The molecule has 2 aromatic rings. The normalized spacial score (nSPS) is 18.3. The van der Waals surface area contributed by atoms with Crippen molar-refractivity contribution < 1.29 is 14.3 Å². The average Bonchev–Trinajstić information content (AvgIpc) is 3.03. The first-order valence-electron chi connectivity index (χ1n) is 11.0. The van der Waals surface area contributed by atoms with Gasteiger partial charge in [-0.3, -0.25) is 14.5 Å². The van der Waals surface area contributed by atoms with Crippen molar-refractivity contribution in [2.75, 3.05) is 13.7 Å². The first kappa shape index (κ1) is 23.3. The van der Waals surface area contributed by atoms with Gasteiger partial charge >= 0.3 is 0 Å². The summed E-state index contributed by atoms with van der Waals surface area (Å²) in [4.78, 5) is 27.2. The van der Waals surface area contributed by atoms with E-state index >= 15 is 0 Å². The number of ether oxygens (including phenoxy) is 1. The van der Waals surface area contributed by atoms with Gasteiger partial charge in [0.05, 0.1) is 18.2 Å². The van der Waals surface area contributed by atoms with Gasteiger partial charge in [-0.2, -0.15) is 0 Å². The van der Waals surface area contributed by atoms with Gasteiger partial charge in [0.2, 0.25) is 0 Å². The van der Waals surface area contributed by atoms with Crippen molar-refractivity contribution in [3.05, 3.63) is 64.7 Å². The molecule has 2 amide bonds. The second kappa shape index (κ2) is 10.3. The number of carbonyl (C=O) groups excluding carboxylic acids is 2. The molecule has 0 bridgehead atoms. The van der Waals surface area contributed by atoms with E-state index in [9.17, 15) is 9.59 Å². The minimum Gasteiger partial charge on any atom is -0.496 e. The zero-order valence-electron chi connectivity index (χ0n) is 18.2. The van der Waals surface area contributed by atoms with E-state index in [1.54, 1.807) is 19.2 Å². The lowest BCUT2D eigenvalue weighted by Gasteiger charge is -2.29. The molecule has 0 fully saturated rings. The van der Waals surface area contributed by atoms with E-state index in [1.165, 1.54) is 16.0 Å². The Bertz CT molecular complexity index is 897. The largest absolute Gasteiger partial charge is 0.496 e. The molecule has 0 saturated carbocycles. The van der Waals surface area contributed by atoms with Crippen LogP contribution < -0.4 is 10.1 Å². The molecular weight excluding hydrogens is 412 g/mol. The molecule has 2 aromatic carbocycles. The number of halogens is 1. The molecule has 1 N–H and O–H groups in total. The lowest BCUT2D eigenvalue weighted by Crippen LogP contribution is -2.43. The molecule has 0 radical (unpaired) electrons. The van der Waals surface area contributed by atoms with Crippen molar-refractivity contribution >= 4 is 24.2 Å². The Morgan fingerprint density at radius 1 is 1.06 bits per heavy atom. The Hall–Kier alpha value is -2.37. The molecule has 0 aromatic heterocycles. The summed E-state index contributed by atoms with van der Waals surface area (Å²) >= 11 is 0. The highest BCUT2D eigenvalue weighted by atomic mass is 35.5. The maximum atomic E-state index is 12.9. The van der Waals surface area contributed by atoms with Crippen LogP contribution in [-0.4, -0.2) is 42.5 Å². The minimum atomic E-state index is -0.148. The molecule has 1 heterocycles. The van der Waals surface area contributed by atoms with Crippen LogP contribution in [-0.2, 0) is 12.8 Å². The molecule has 2 aliphatic rings. The third kappa shape index (κ3) is 4.63. The summed E-state index contributed by atoms with van der Waals surface area (Å²) in [7, 11) is 1.73. The van der Waals surface area contributed by atoms with Gasteiger partial charge in [-0.15, -0.1) is 12.4 Å². The van der Waals surface area contributed by atoms with Crippen molar-refractivity contribution in [1.82, 2.24) is 10.2 Å². The van der Waals surface area contributed by atoms with Crippen LogP contribution in [0.5, 0.6) is 5.75 Å². The summed E-state index contributed by atoms with van der Waals surface area (Å²) in [5.74, 6) is 0.671. The molecule has 6 heteroatoms. The van der Waals surface area contributed by atoms with Crippen LogP contribution in [0.4, 0.5) is 0 Å². The first-order chi connectivity index (χ1) is 14.6. The summed E-state index contributed by atoms with van der Waals surface area (Å²) in [5, 5.41) is 3.67. The van der Waals surface area contributed by atoms with Gasteiger partial charge in [-0.1, -0.05) is 37.6 Å². The third-order valence-electron chi connectivity index (χ3n) is 6.39. The van der Waals surface area contributed by atoms with Crippen LogP contribution in [0.2, 0.25) is 0 Å². The SMILES string of the molecule is CCCC(CCNC1CCc2cccc(OC)c2C1)N1C(=O)c2ccccc2C1=O.Cl. The monoisotopic (exact) mass is 442 g/mol. The summed E-state index contributed by atoms with van der Waals surface area (Å²) < 4.78 is 5.55. The van der Waals surface area contributed by atoms with Crippen LogP contribution in [0.3, 0.4) is 0 Å². The quantitative estimate of drug-likeness (QED) is 0.615. The third-order valence-corrected chi connectivity index (χ3v) is 6.39. The fourth-order valence-corrected chi connectivity index (χ4v) is 4.85. The van der Waals surface area contributed by atoms with Gasteiger partial charge in [-0.05, 0) is 68.0 Å². The van der Waals surface area contributed by atoms with E-state index in [0.717, 1.165) is 50.8 Å². The number of hydrogen-bond donors (Lipinski definition) is 1. The number of methoxy groups -OCH3 is 1. The number of imide groups is 1. The zero-order valence-corrected chi connectivity index (χ0v) is 19.0. The molecule has 4 rings (SSSR count). The van der Waals surface area contributed by atoms with Crippen LogP contribution >= 0.6 is 12.4 Å². The van der Waals surface area contributed by atoms with Gasteiger partial charge in [0.25, 0.3) is 11.8 Å². The van der Waals surface area contributed by atoms with Gasteiger partial charge < -0.3 is 10.1 Å². The number of carbonyl (C=O) groups is 2. The molecule has 166 valence electrons. The molecule has 2 unspecified atom stereocenters. The number of amides is 2. The number of nitrogens with zero attached hydrogens (tertiary/aromatic N) is 1. The van der Waals surface area contributed by atoms with Crippen molar-refractivity contribution in [1.29, 1.82) is 0 Å². The second-order valence-electron chi connectivity index (χ2n) is 8.25. The van der Waals surface area contributed by atoms with E-state index in [4.69, 9.17) is 4.74 Å². The second-order valence-corrected chi connectivity index (χ2v) is 8.25. The maximum Gasteiger partial charge on any atom is 0.261 e. The van der Waals surface area contributed by atoms with E-state index in [0.29, 0.717) is 17.2 Å². The Morgan fingerprint density at radius 3 is 2.42 bits per heavy atom. The number of aryl methyl sites for hydroxylation is 1. The van der Waals surface area contributed by atoms with Crippen molar-refractivity contribution in [3.8, 4) is 5.75 Å². The van der Waals surface area contributed by atoms with Gasteiger partial charge in [0.1, 0.15) is 5.75 Å². The summed E-state index contributed by atoms with van der Waals surface area (Å²) in [6.07, 6.45) is 5.62. The summed E-state index contributed by atoms with van der Waals surface area (Å²) in [5.41, 5.74) is 3.75. The molecular formula is C25H31ClN2O3. The number of fused-ring (bicyclic) bond motifs is 2. The zero-order chi connectivity index (χ0) is 21.1. The van der Waals surface area contributed by atoms with Crippen molar-refractivity contribution in [2.24, 2.45) is 0 Å². The lowest BCUT2D eigenvalue weighted by molar-refractivity contribution is 0.0567. The van der Waals surface area contributed by atoms with E-state index in [1.807, 2.05) is 18.2 Å². The molecule has 0 spiro atoms. The molecule has 1 aliphatic carbocycles. The Morgan fingerprint density at radius 2 is 1.77 bits per heavy atom. The van der Waals surface area contributed by atoms with Crippen LogP contribution in [0.15, 0.2) is 42.5 Å². The van der Waals surface area contributed by atoms with Gasteiger partial charge in [0, 0.05) is 12.1 Å². The number of nitrogens with one attached hydrogen (secondary N) is 1. The molecule has 5 nitrogen and oxygen atoms in total. The van der Waals surface area contributed by atoms with Crippen molar-refractivity contribution in [2.45, 2.75) is 57.5 Å². The summed E-state index contributed by atoms with van der Waals surface area (Å²) in [6, 6.07) is 13.7.